The fourth-order valence-corrected chi connectivity index (χ4v) is 1.20. The van der Waals surface area contributed by atoms with E-state index in [1.54, 1.807) is 0 Å². The number of hydrogen-bond donors (Lipinski definition) is 2. The third-order valence-electron chi connectivity index (χ3n) is 2.01. The van der Waals surface area contributed by atoms with Gasteiger partial charge in [-0.3, -0.25) is 10.1 Å². The van der Waals surface area contributed by atoms with E-state index in [4.69, 9.17) is 6.42 Å². The lowest BCUT2D eigenvalue weighted by molar-refractivity contribution is -0.137. The molecule has 0 saturated heterocycles. The molecular weight excluding hydrogens is 245 g/mol. The molecule has 0 heterocycles. The average Bonchev–Trinajstić information content (AvgIpc) is 2.29. The topological polar surface area (TPSA) is 41.1 Å². The lowest BCUT2D eigenvalue weighted by Crippen LogP contribution is -2.28. The summed E-state index contributed by atoms with van der Waals surface area (Å²) >= 11 is 0. The minimum atomic E-state index is -4.38. The standard InChI is InChI=1S/C12H11F3N2O/c1-2-7-16-8-11(18)17-10-5-3-9(4-6-10)12(13,14)15/h1,3-6,16H,7-8H2,(H,17,18). The zero-order valence-electron chi connectivity index (χ0n) is 9.34. The number of rotatable bonds is 4. The molecule has 1 aromatic rings. The number of amides is 1. The molecule has 0 saturated carbocycles. The number of alkyl halides is 3. The highest BCUT2D eigenvalue weighted by Gasteiger charge is 2.29. The van der Waals surface area contributed by atoms with Crippen molar-refractivity contribution in [2.24, 2.45) is 0 Å². The molecule has 18 heavy (non-hydrogen) atoms. The quantitative estimate of drug-likeness (QED) is 0.637. The van der Waals surface area contributed by atoms with Crippen LogP contribution >= 0.6 is 0 Å². The third-order valence-corrected chi connectivity index (χ3v) is 2.01. The molecule has 2 N–H and O–H groups in total. The van der Waals surface area contributed by atoms with Crippen molar-refractivity contribution >= 4 is 11.6 Å². The van der Waals surface area contributed by atoms with Crippen LogP contribution in [0.1, 0.15) is 5.56 Å². The molecule has 1 rings (SSSR count). The van der Waals surface area contributed by atoms with Crippen molar-refractivity contribution in [1.82, 2.24) is 5.32 Å². The van der Waals surface area contributed by atoms with Crippen LogP contribution in [0.3, 0.4) is 0 Å². The normalized spacial score (nSPS) is 10.8. The van der Waals surface area contributed by atoms with Crippen LogP contribution in [-0.4, -0.2) is 19.0 Å². The summed E-state index contributed by atoms with van der Waals surface area (Å²) in [5, 5.41) is 5.10. The highest BCUT2D eigenvalue weighted by atomic mass is 19.4. The van der Waals surface area contributed by atoms with Gasteiger partial charge in [0.15, 0.2) is 0 Å². The van der Waals surface area contributed by atoms with Gasteiger partial charge >= 0.3 is 6.18 Å². The largest absolute Gasteiger partial charge is 0.416 e. The van der Waals surface area contributed by atoms with Gasteiger partial charge in [-0.25, -0.2) is 0 Å². The van der Waals surface area contributed by atoms with Gasteiger partial charge in [0.2, 0.25) is 5.91 Å². The van der Waals surface area contributed by atoms with Gasteiger partial charge in [-0.15, -0.1) is 6.42 Å². The number of anilines is 1. The second kappa shape index (κ2) is 6.07. The minimum absolute atomic E-state index is 0.00518. The molecule has 6 heteroatoms. The van der Waals surface area contributed by atoms with Crippen molar-refractivity contribution in [3.05, 3.63) is 29.8 Å². The molecule has 0 aromatic heterocycles. The van der Waals surface area contributed by atoms with Gasteiger partial charge in [0.1, 0.15) is 0 Å². The molecule has 0 bridgehead atoms. The van der Waals surface area contributed by atoms with E-state index in [9.17, 15) is 18.0 Å². The number of carbonyl (C=O) groups is 1. The van der Waals surface area contributed by atoms with Crippen molar-refractivity contribution in [3.8, 4) is 12.3 Å². The Labute approximate surface area is 102 Å². The fourth-order valence-electron chi connectivity index (χ4n) is 1.20. The summed E-state index contributed by atoms with van der Waals surface area (Å²) < 4.78 is 36.8. The number of halogens is 3. The monoisotopic (exact) mass is 256 g/mol. The van der Waals surface area contributed by atoms with Crippen molar-refractivity contribution < 1.29 is 18.0 Å². The van der Waals surface area contributed by atoms with Gasteiger partial charge in [0.25, 0.3) is 0 Å². The second-order valence-corrected chi connectivity index (χ2v) is 3.43. The second-order valence-electron chi connectivity index (χ2n) is 3.43. The molecule has 0 unspecified atom stereocenters. The zero-order valence-corrected chi connectivity index (χ0v) is 9.34. The molecular formula is C12H11F3N2O. The lowest BCUT2D eigenvalue weighted by atomic mass is 10.2. The SMILES string of the molecule is C#CCNCC(=O)Nc1ccc(C(F)(F)F)cc1. The number of carbonyl (C=O) groups excluding carboxylic acids is 1. The Balaban J connectivity index is 2.54. The molecule has 0 spiro atoms. The molecule has 0 atom stereocenters. The maximum atomic E-state index is 12.3. The van der Waals surface area contributed by atoms with Crippen LogP contribution in [-0.2, 0) is 11.0 Å². The Morgan fingerprint density at radius 1 is 1.28 bits per heavy atom. The van der Waals surface area contributed by atoms with Gasteiger partial charge in [0, 0.05) is 5.69 Å². The molecule has 0 aliphatic heterocycles. The lowest BCUT2D eigenvalue weighted by Gasteiger charge is -2.08. The van der Waals surface area contributed by atoms with E-state index in [1.165, 1.54) is 12.1 Å². The van der Waals surface area contributed by atoms with Gasteiger partial charge in [-0.2, -0.15) is 13.2 Å². The van der Waals surface area contributed by atoms with E-state index in [2.05, 4.69) is 16.6 Å². The summed E-state index contributed by atoms with van der Waals surface area (Å²) in [6.45, 7) is 0.256. The van der Waals surface area contributed by atoms with Crippen LogP contribution in [0.4, 0.5) is 18.9 Å². The highest BCUT2D eigenvalue weighted by Crippen LogP contribution is 2.29. The molecule has 96 valence electrons. The van der Waals surface area contributed by atoms with Crippen molar-refractivity contribution in [2.45, 2.75) is 6.18 Å². The smallest absolute Gasteiger partial charge is 0.325 e. The van der Waals surface area contributed by atoms with Gasteiger partial charge in [-0.1, -0.05) is 5.92 Å². The number of nitrogens with one attached hydrogen (secondary N) is 2. The molecule has 0 aliphatic carbocycles. The molecule has 1 aromatic carbocycles. The van der Waals surface area contributed by atoms with Gasteiger partial charge < -0.3 is 5.32 Å². The maximum absolute atomic E-state index is 12.3. The predicted molar refractivity (Wildman–Crippen MR) is 61.8 cm³/mol. The minimum Gasteiger partial charge on any atom is -0.325 e. The molecule has 0 radical (unpaired) electrons. The summed E-state index contributed by atoms with van der Waals surface area (Å²) in [7, 11) is 0. The summed E-state index contributed by atoms with van der Waals surface area (Å²) in [5.74, 6) is 1.92. The molecule has 0 aliphatic rings. The number of terminal acetylenes is 1. The highest BCUT2D eigenvalue weighted by molar-refractivity contribution is 5.92. The molecule has 0 fully saturated rings. The van der Waals surface area contributed by atoms with E-state index in [1.807, 2.05) is 0 Å². The first-order valence-corrected chi connectivity index (χ1v) is 5.05. The van der Waals surface area contributed by atoms with Crippen LogP contribution in [0.2, 0.25) is 0 Å². The molecule has 1 amide bonds. The summed E-state index contributed by atoms with van der Waals surface area (Å²) in [5.41, 5.74) is -0.457. The Morgan fingerprint density at radius 2 is 1.89 bits per heavy atom. The Bertz CT molecular complexity index is 446. The first-order chi connectivity index (χ1) is 8.43. The van der Waals surface area contributed by atoms with Crippen molar-refractivity contribution in [2.75, 3.05) is 18.4 Å². The fraction of sp³-hybridized carbons (Fsp3) is 0.250. The summed E-state index contributed by atoms with van der Waals surface area (Å²) in [6.07, 6.45) is 0.596. The first kappa shape index (κ1) is 14.1. The van der Waals surface area contributed by atoms with E-state index < -0.39 is 11.7 Å². The molecule has 3 nitrogen and oxygen atoms in total. The average molecular weight is 256 g/mol. The predicted octanol–water partition coefficient (Wildman–Crippen LogP) is 1.87. The summed E-state index contributed by atoms with van der Waals surface area (Å²) in [6, 6.07) is 4.21. The van der Waals surface area contributed by atoms with Crippen LogP contribution in [0, 0.1) is 12.3 Å². The van der Waals surface area contributed by atoms with E-state index in [-0.39, 0.29) is 19.0 Å². The Hall–Kier alpha value is -2.00. The van der Waals surface area contributed by atoms with E-state index in [0.29, 0.717) is 5.69 Å². The third kappa shape index (κ3) is 4.47. The Morgan fingerprint density at radius 3 is 2.39 bits per heavy atom. The van der Waals surface area contributed by atoms with Crippen LogP contribution in [0.5, 0.6) is 0 Å². The van der Waals surface area contributed by atoms with E-state index >= 15 is 0 Å². The maximum Gasteiger partial charge on any atom is 0.416 e. The van der Waals surface area contributed by atoms with Crippen LogP contribution in [0.15, 0.2) is 24.3 Å². The van der Waals surface area contributed by atoms with Crippen LogP contribution < -0.4 is 10.6 Å². The van der Waals surface area contributed by atoms with Crippen molar-refractivity contribution in [1.29, 1.82) is 0 Å². The van der Waals surface area contributed by atoms with Crippen LogP contribution in [0.25, 0.3) is 0 Å². The van der Waals surface area contributed by atoms with Gasteiger partial charge in [-0.05, 0) is 24.3 Å². The van der Waals surface area contributed by atoms with E-state index in [0.717, 1.165) is 12.1 Å². The van der Waals surface area contributed by atoms with Crippen molar-refractivity contribution in [3.63, 3.8) is 0 Å². The first-order valence-electron chi connectivity index (χ1n) is 5.05. The Kier molecular flexibility index (Phi) is 4.75. The number of hydrogen-bond acceptors (Lipinski definition) is 2. The number of benzene rings is 1. The van der Waals surface area contributed by atoms with Gasteiger partial charge in [0.05, 0.1) is 18.7 Å². The zero-order chi connectivity index (χ0) is 13.6. The summed E-state index contributed by atoms with van der Waals surface area (Å²) in [4.78, 5) is 11.3.